The number of carbonyl (C=O) groups is 1. The van der Waals surface area contributed by atoms with Crippen LogP contribution in [-0.2, 0) is 21.1 Å². The zero-order valence-electron chi connectivity index (χ0n) is 13.3. The van der Waals surface area contributed by atoms with Crippen molar-refractivity contribution >= 4 is 54.2 Å². The van der Waals surface area contributed by atoms with Crippen molar-refractivity contribution in [3.8, 4) is 9.75 Å². The highest BCUT2D eigenvalue weighted by atomic mass is 79.9. The molecule has 0 spiro atoms. The van der Waals surface area contributed by atoms with Crippen molar-refractivity contribution in [2.45, 2.75) is 37.9 Å². The van der Waals surface area contributed by atoms with Crippen LogP contribution in [0.15, 0.2) is 28.1 Å². The Hall–Kier alpha value is -0.500. The van der Waals surface area contributed by atoms with Gasteiger partial charge in [-0.1, -0.05) is 0 Å². The van der Waals surface area contributed by atoms with Crippen molar-refractivity contribution < 1.29 is 13.2 Å². The molecule has 2 heterocycles. The average molecular weight is 435 g/mol. The number of aryl methyl sites for hydroxylation is 1. The Kier molecular flexibility index (Phi) is 5.87. The van der Waals surface area contributed by atoms with Gasteiger partial charge >= 0.3 is 0 Å². The fraction of sp³-hybridized carbons (Fsp3) is 0.438. The summed E-state index contributed by atoms with van der Waals surface area (Å²) in [6.07, 6.45) is 2.97. The second-order valence-corrected chi connectivity index (χ2v) is 11.9. The van der Waals surface area contributed by atoms with E-state index >= 15 is 0 Å². The third-order valence-electron chi connectivity index (χ3n) is 4.12. The molecular weight excluding hydrogens is 416 g/mol. The predicted octanol–water partition coefficient (Wildman–Crippen LogP) is 4.95. The van der Waals surface area contributed by atoms with Crippen molar-refractivity contribution in [2.75, 3.05) is 6.26 Å². The molecule has 2 aromatic heterocycles. The lowest BCUT2D eigenvalue weighted by Gasteiger charge is -2.24. The molecule has 7 heteroatoms. The molecule has 0 saturated heterocycles. The third-order valence-corrected chi connectivity index (χ3v) is 9.21. The number of ketones is 1. The van der Waals surface area contributed by atoms with Gasteiger partial charge in [-0.25, -0.2) is 8.42 Å². The Morgan fingerprint density at radius 1 is 1.17 bits per heavy atom. The summed E-state index contributed by atoms with van der Waals surface area (Å²) in [4.78, 5) is 15.4. The molecule has 0 amide bonds. The molecule has 0 N–H and O–H groups in total. The molecule has 1 unspecified atom stereocenters. The topological polar surface area (TPSA) is 51.2 Å². The van der Waals surface area contributed by atoms with E-state index in [0.29, 0.717) is 12.8 Å². The summed E-state index contributed by atoms with van der Waals surface area (Å²) >= 11 is 6.88. The smallest absolute Gasteiger partial charge is 0.159 e. The molecule has 0 saturated carbocycles. The second kappa shape index (κ2) is 7.17. The van der Waals surface area contributed by atoms with E-state index in [2.05, 4.69) is 34.1 Å². The first-order chi connectivity index (χ1) is 10.6. The Labute approximate surface area is 153 Å². The summed E-state index contributed by atoms with van der Waals surface area (Å²) in [6, 6.07) is 8.29. The highest BCUT2D eigenvalue weighted by molar-refractivity contribution is 9.11. The zero-order valence-corrected chi connectivity index (χ0v) is 17.3. The summed E-state index contributed by atoms with van der Waals surface area (Å²) in [5.74, 6) is -0.282. The molecule has 0 aromatic carbocycles. The van der Waals surface area contributed by atoms with Gasteiger partial charge in [0, 0.05) is 20.9 Å². The molecular formula is C16H19BrO3S3. The fourth-order valence-corrected chi connectivity index (χ4v) is 5.88. The van der Waals surface area contributed by atoms with E-state index in [1.54, 1.807) is 22.7 Å². The van der Waals surface area contributed by atoms with Crippen LogP contribution in [0.2, 0.25) is 0 Å². The number of Topliss-reactive ketones (excluding diaryl/α,β-unsaturated/α-hetero) is 1. The van der Waals surface area contributed by atoms with Crippen LogP contribution >= 0.6 is 38.6 Å². The first kappa shape index (κ1) is 18.8. The van der Waals surface area contributed by atoms with E-state index in [0.717, 1.165) is 16.5 Å². The van der Waals surface area contributed by atoms with Crippen LogP contribution in [0, 0.1) is 0 Å². The molecule has 0 aliphatic heterocycles. The van der Waals surface area contributed by atoms with E-state index in [-0.39, 0.29) is 5.78 Å². The molecule has 0 aliphatic rings. The van der Waals surface area contributed by atoms with E-state index < -0.39 is 14.6 Å². The second-order valence-electron chi connectivity index (χ2n) is 5.78. The van der Waals surface area contributed by atoms with Crippen molar-refractivity contribution in [1.82, 2.24) is 0 Å². The Bertz CT molecular complexity index is 804. The van der Waals surface area contributed by atoms with Gasteiger partial charge in [0.15, 0.2) is 15.6 Å². The molecule has 0 fully saturated rings. The predicted molar refractivity (Wildman–Crippen MR) is 102 cm³/mol. The average Bonchev–Trinajstić information content (AvgIpc) is 3.05. The fourth-order valence-electron chi connectivity index (χ4n) is 2.31. The van der Waals surface area contributed by atoms with Crippen molar-refractivity contribution in [2.24, 2.45) is 0 Å². The summed E-state index contributed by atoms with van der Waals surface area (Å²) in [5.41, 5.74) is 0. The number of sulfone groups is 1. The van der Waals surface area contributed by atoms with Crippen LogP contribution in [0.3, 0.4) is 0 Å². The lowest BCUT2D eigenvalue weighted by molar-refractivity contribution is -0.119. The maximum Gasteiger partial charge on any atom is 0.159 e. The zero-order chi connectivity index (χ0) is 17.3. The summed E-state index contributed by atoms with van der Waals surface area (Å²) in [5, 5.41) is 0. The number of hydrogen-bond donors (Lipinski definition) is 0. The largest absolute Gasteiger partial charge is 0.298 e. The van der Waals surface area contributed by atoms with E-state index in [9.17, 15) is 13.2 Å². The lowest BCUT2D eigenvalue weighted by atomic mass is 9.99. The highest BCUT2D eigenvalue weighted by Gasteiger charge is 2.39. The van der Waals surface area contributed by atoms with Gasteiger partial charge < -0.3 is 0 Å². The number of rotatable bonds is 7. The molecule has 0 bridgehead atoms. The lowest BCUT2D eigenvalue weighted by Crippen LogP contribution is -2.41. The SMILES string of the molecule is CC(=O)C(C)(CCCc1ccc(-c2ccc(Br)s2)s1)S(C)(=O)=O. The molecule has 3 nitrogen and oxygen atoms in total. The van der Waals surface area contributed by atoms with Gasteiger partial charge in [0.1, 0.15) is 4.75 Å². The molecule has 0 radical (unpaired) electrons. The van der Waals surface area contributed by atoms with Gasteiger partial charge in [-0.15, -0.1) is 22.7 Å². The molecule has 1 atom stereocenters. The van der Waals surface area contributed by atoms with Gasteiger partial charge in [-0.3, -0.25) is 4.79 Å². The Morgan fingerprint density at radius 2 is 1.78 bits per heavy atom. The Morgan fingerprint density at radius 3 is 2.30 bits per heavy atom. The van der Waals surface area contributed by atoms with Gasteiger partial charge in [0.2, 0.25) is 0 Å². The van der Waals surface area contributed by atoms with Gasteiger partial charge in [-0.2, -0.15) is 0 Å². The van der Waals surface area contributed by atoms with Crippen LogP contribution in [-0.4, -0.2) is 25.2 Å². The van der Waals surface area contributed by atoms with Crippen LogP contribution in [0.4, 0.5) is 0 Å². The molecule has 2 rings (SSSR count). The van der Waals surface area contributed by atoms with Crippen molar-refractivity contribution in [1.29, 1.82) is 0 Å². The molecule has 0 aliphatic carbocycles. The Balaban J connectivity index is 2.02. The van der Waals surface area contributed by atoms with Crippen LogP contribution in [0.25, 0.3) is 9.75 Å². The van der Waals surface area contributed by atoms with Crippen LogP contribution < -0.4 is 0 Å². The molecule has 126 valence electrons. The molecule has 2 aromatic rings. The van der Waals surface area contributed by atoms with E-state index in [4.69, 9.17) is 0 Å². The summed E-state index contributed by atoms with van der Waals surface area (Å²) < 4.78 is 23.6. The molecule has 23 heavy (non-hydrogen) atoms. The minimum absolute atomic E-state index is 0.282. The van der Waals surface area contributed by atoms with E-state index in [1.165, 1.54) is 28.5 Å². The quantitative estimate of drug-likeness (QED) is 0.618. The standard InChI is InChI=1S/C16H19BrO3S3/c1-11(18)16(2,23(3,19)20)10-4-5-12-6-7-13(21-12)14-8-9-15(17)22-14/h6-9H,4-5,10H2,1-3H3. The maximum atomic E-state index is 11.9. The van der Waals surface area contributed by atoms with Crippen LogP contribution in [0.1, 0.15) is 31.6 Å². The van der Waals surface area contributed by atoms with Crippen molar-refractivity contribution in [3.63, 3.8) is 0 Å². The monoisotopic (exact) mass is 434 g/mol. The normalized spacial score (nSPS) is 14.6. The number of carbonyl (C=O) groups excluding carboxylic acids is 1. The summed E-state index contributed by atoms with van der Waals surface area (Å²) in [7, 11) is -3.40. The van der Waals surface area contributed by atoms with Gasteiger partial charge in [-0.05, 0) is 73.3 Å². The highest BCUT2D eigenvalue weighted by Crippen LogP contribution is 2.36. The number of hydrogen-bond acceptors (Lipinski definition) is 5. The summed E-state index contributed by atoms with van der Waals surface area (Å²) in [6.45, 7) is 2.90. The third kappa shape index (κ3) is 4.32. The first-order valence-corrected chi connectivity index (χ1v) is 11.5. The van der Waals surface area contributed by atoms with Crippen molar-refractivity contribution in [3.05, 3.63) is 32.9 Å². The minimum atomic E-state index is -3.40. The van der Waals surface area contributed by atoms with Gasteiger partial charge in [0.25, 0.3) is 0 Å². The maximum absolute atomic E-state index is 11.9. The number of thiophene rings is 2. The first-order valence-electron chi connectivity index (χ1n) is 7.18. The number of halogens is 1. The van der Waals surface area contributed by atoms with Gasteiger partial charge in [0.05, 0.1) is 3.79 Å². The van der Waals surface area contributed by atoms with Crippen LogP contribution in [0.5, 0.6) is 0 Å². The minimum Gasteiger partial charge on any atom is -0.298 e. The van der Waals surface area contributed by atoms with E-state index in [1.807, 2.05) is 6.07 Å².